The number of nitrogens with one attached hydrogen (secondary N) is 1. The molecule has 0 fully saturated rings. The van der Waals surface area contributed by atoms with Crippen molar-refractivity contribution in [3.63, 3.8) is 0 Å². The summed E-state index contributed by atoms with van der Waals surface area (Å²) < 4.78 is 10.3. The number of nitrogens with zero attached hydrogens (tertiary/aromatic N) is 4. The highest BCUT2D eigenvalue weighted by atomic mass is 32.1. The van der Waals surface area contributed by atoms with E-state index >= 15 is 0 Å². The highest BCUT2D eigenvalue weighted by Crippen LogP contribution is 2.19. The number of unbranched alkanes of at least 4 members (excludes halogenated alkanes) is 2. The van der Waals surface area contributed by atoms with Gasteiger partial charge in [0.05, 0.1) is 6.26 Å². The molecule has 1 amide bonds. The number of hydrogen-bond acceptors (Lipinski definition) is 8. The Morgan fingerprint density at radius 1 is 1.28 bits per heavy atom. The minimum Gasteiger partial charge on any atom is -0.461 e. The Labute approximate surface area is 148 Å². The predicted molar refractivity (Wildman–Crippen MR) is 92.1 cm³/mol. The van der Waals surface area contributed by atoms with E-state index in [0.717, 1.165) is 17.8 Å². The molecule has 0 spiro atoms. The first-order valence-electron chi connectivity index (χ1n) is 8.23. The average Bonchev–Trinajstić information content (AvgIpc) is 3.35. The first-order valence-corrected chi connectivity index (χ1v) is 9.05. The Hall–Kier alpha value is -2.55. The third kappa shape index (κ3) is 4.96. The third-order valence-electron chi connectivity index (χ3n) is 3.48. The number of furan rings is 1. The molecule has 3 rings (SSSR count). The van der Waals surface area contributed by atoms with E-state index in [4.69, 9.17) is 8.94 Å². The fourth-order valence-electron chi connectivity index (χ4n) is 2.20. The second-order valence-electron chi connectivity index (χ2n) is 5.50. The number of hydrogen-bond donors (Lipinski definition) is 1. The molecule has 3 heterocycles. The maximum atomic E-state index is 12.0. The lowest BCUT2D eigenvalue weighted by Crippen LogP contribution is -2.12. The van der Waals surface area contributed by atoms with E-state index in [1.807, 2.05) is 0 Å². The van der Waals surface area contributed by atoms with Gasteiger partial charge in [-0.25, -0.2) is 0 Å². The van der Waals surface area contributed by atoms with Crippen LogP contribution in [0.4, 0.5) is 5.13 Å². The van der Waals surface area contributed by atoms with Crippen LogP contribution in [0.15, 0.2) is 27.3 Å². The molecule has 132 valence electrons. The van der Waals surface area contributed by atoms with E-state index < -0.39 is 0 Å². The van der Waals surface area contributed by atoms with Crippen LogP contribution in [0.3, 0.4) is 0 Å². The van der Waals surface area contributed by atoms with Gasteiger partial charge in [-0.2, -0.15) is 4.98 Å². The first kappa shape index (κ1) is 17.3. The van der Waals surface area contributed by atoms with E-state index in [1.54, 1.807) is 12.1 Å². The molecule has 3 aromatic heterocycles. The summed E-state index contributed by atoms with van der Waals surface area (Å²) in [6.45, 7) is 2.16. The molecular weight excluding hydrogens is 342 g/mol. The van der Waals surface area contributed by atoms with Crippen molar-refractivity contribution in [2.75, 3.05) is 5.32 Å². The lowest BCUT2D eigenvalue weighted by Gasteiger charge is -1.98. The van der Waals surface area contributed by atoms with Gasteiger partial charge < -0.3 is 14.3 Å². The van der Waals surface area contributed by atoms with Crippen LogP contribution in [0.1, 0.15) is 43.5 Å². The van der Waals surface area contributed by atoms with Gasteiger partial charge in [0.2, 0.25) is 22.8 Å². The van der Waals surface area contributed by atoms with Crippen molar-refractivity contribution in [3.05, 3.63) is 29.3 Å². The van der Waals surface area contributed by atoms with Gasteiger partial charge in [-0.1, -0.05) is 36.3 Å². The van der Waals surface area contributed by atoms with Crippen molar-refractivity contribution in [1.29, 1.82) is 0 Å². The maximum absolute atomic E-state index is 12.0. The molecule has 0 saturated carbocycles. The van der Waals surface area contributed by atoms with E-state index in [9.17, 15) is 4.79 Å². The zero-order chi connectivity index (χ0) is 17.5. The van der Waals surface area contributed by atoms with Gasteiger partial charge in [0, 0.05) is 19.3 Å². The summed E-state index contributed by atoms with van der Waals surface area (Å²) in [7, 11) is 0. The quantitative estimate of drug-likeness (QED) is 0.581. The topological polar surface area (TPSA) is 107 Å². The SMILES string of the molecule is CCCCCc1nnc(NC(=O)CCc2nc(-c3ccco3)no2)s1. The van der Waals surface area contributed by atoms with Gasteiger partial charge in [0.15, 0.2) is 5.76 Å². The smallest absolute Gasteiger partial charge is 0.238 e. The molecule has 0 aliphatic carbocycles. The molecule has 9 heteroatoms. The molecule has 8 nitrogen and oxygen atoms in total. The second-order valence-corrected chi connectivity index (χ2v) is 6.56. The molecule has 0 aliphatic heterocycles. The molecule has 0 aliphatic rings. The van der Waals surface area contributed by atoms with Crippen molar-refractivity contribution < 1.29 is 13.7 Å². The van der Waals surface area contributed by atoms with Crippen LogP contribution in [-0.4, -0.2) is 26.2 Å². The Morgan fingerprint density at radius 3 is 3.00 bits per heavy atom. The zero-order valence-electron chi connectivity index (χ0n) is 13.9. The number of amides is 1. The standard InChI is InChI=1S/C16H19N5O3S/c1-2-3-4-7-14-19-20-16(25-14)17-12(22)8-9-13-18-15(21-24-13)11-6-5-10-23-11/h5-6,10H,2-4,7-9H2,1H3,(H,17,20,22). The first-order chi connectivity index (χ1) is 12.2. The van der Waals surface area contributed by atoms with Gasteiger partial charge in [0.25, 0.3) is 0 Å². The molecule has 0 bridgehead atoms. The Morgan fingerprint density at radius 2 is 2.20 bits per heavy atom. The lowest BCUT2D eigenvalue weighted by molar-refractivity contribution is -0.116. The lowest BCUT2D eigenvalue weighted by atomic mass is 10.2. The monoisotopic (exact) mass is 361 g/mol. The number of carbonyl (C=O) groups is 1. The summed E-state index contributed by atoms with van der Waals surface area (Å²) in [5.41, 5.74) is 0. The van der Waals surface area contributed by atoms with Crippen LogP contribution >= 0.6 is 11.3 Å². The van der Waals surface area contributed by atoms with E-state index in [2.05, 4.69) is 32.6 Å². The molecule has 0 atom stereocenters. The number of carbonyl (C=O) groups excluding carboxylic acids is 1. The normalized spacial score (nSPS) is 10.9. The molecule has 1 N–H and O–H groups in total. The Balaban J connectivity index is 1.45. The number of aryl methyl sites for hydroxylation is 2. The summed E-state index contributed by atoms with van der Waals surface area (Å²) in [4.78, 5) is 16.2. The van der Waals surface area contributed by atoms with Crippen molar-refractivity contribution in [2.45, 2.75) is 45.4 Å². The van der Waals surface area contributed by atoms with Crippen LogP contribution in [0.2, 0.25) is 0 Å². The summed E-state index contributed by atoms with van der Waals surface area (Å²) in [5, 5.41) is 16.2. The average molecular weight is 361 g/mol. The van der Waals surface area contributed by atoms with Crippen molar-refractivity contribution >= 4 is 22.4 Å². The maximum Gasteiger partial charge on any atom is 0.238 e. The predicted octanol–water partition coefficient (Wildman–Crippen LogP) is 3.49. The second kappa shape index (κ2) is 8.52. The van der Waals surface area contributed by atoms with Crippen molar-refractivity contribution in [3.8, 4) is 11.6 Å². The van der Waals surface area contributed by atoms with E-state index in [1.165, 1.54) is 30.4 Å². The molecule has 0 unspecified atom stereocenters. The minimum absolute atomic E-state index is 0.158. The highest BCUT2D eigenvalue weighted by Gasteiger charge is 2.13. The van der Waals surface area contributed by atoms with Gasteiger partial charge in [-0.15, -0.1) is 10.2 Å². The fraction of sp³-hybridized carbons (Fsp3) is 0.438. The number of rotatable bonds is 9. The van der Waals surface area contributed by atoms with Crippen LogP contribution in [0.5, 0.6) is 0 Å². The largest absolute Gasteiger partial charge is 0.461 e. The van der Waals surface area contributed by atoms with Gasteiger partial charge in [0.1, 0.15) is 5.01 Å². The van der Waals surface area contributed by atoms with Crippen LogP contribution in [0, 0.1) is 0 Å². The molecule has 25 heavy (non-hydrogen) atoms. The summed E-state index contributed by atoms with van der Waals surface area (Å²) >= 11 is 1.42. The summed E-state index contributed by atoms with van der Waals surface area (Å²) in [6.07, 6.45) is 6.45. The molecule has 0 aromatic carbocycles. The summed E-state index contributed by atoms with van der Waals surface area (Å²) in [5.74, 6) is 1.14. The minimum atomic E-state index is -0.158. The number of anilines is 1. The number of aromatic nitrogens is 4. The third-order valence-corrected chi connectivity index (χ3v) is 4.38. The molecule has 0 radical (unpaired) electrons. The Kier molecular flexibility index (Phi) is 5.89. The van der Waals surface area contributed by atoms with Crippen LogP contribution in [-0.2, 0) is 17.6 Å². The van der Waals surface area contributed by atoms with Crippen molar-refractivity contribution in [2.24, 2.45) is 0 Å². The molecular formula is C16H19N5O3S. The molecule has 3 aromatic rings. The van der Waals surface area contributed by atoms with Crippen LogP contribution in [0.25, 0.3) is 11.6 Å². The zero-order valence-corrected chi connectivity index (χ0v) is 14.7. The fourth-order valence-corrected chi connectivity index (χ4v) is 2.99. The van der Waals surface area contributed by atoms with E-state index in [0.29, 0.717) is 29.0 Å². The van der Waals surface area contributed by atoms with Crippen LogP contribution < -0.4 is 5.32 Å². The Bertz CT molecular complexity index is 796. The van der Waals surface area contributed by atoms with Crippen molar-refractivity contribution in [1.82, 2.24) is 20.3 Å². The van der Waals surface area contributed by atoms with E-state index in [-0.39, 0.29) is 12.3 Å². The van der Waals surface area contributed by atoms with Gasteiger partial charge >= 0.3 is 0 Å². The highest BCUT2D eigenvalue weighted by molar-refractivity contribution is 7.15. The summed E-state index contributed by atoms with van der Waals surface area (Å²) in [6, 6.07) is 3.49. The molecule has 0 saturated heterocycles. The van der Waals surface area contributed by atoms with Gasteiger partial charge in [-0.05, 0) is 18.6 Å². The van der Waals surface area contributed by atoms with Gasteiger partial charge in [-0.3, -0.25) is 4.79 Å².